The molecule has 0 aromatic carbocycles. The number of allylic oxidation sites excluding steroid dienone is 6. The molecule has 72 heavy (non-hydrogen) atoms. The minimum Gasteiger partial charge on any atom is -0.391 e. The van der Waals surface area contributed by atoms with Crippen LogP contribution in [0.25, 0.3) is 0 Å². The fourth-order valence-corrected chi connectivity index (χ4v) is 10.2. The average Bonchev–Trinajstić information content (AvgIpc) is 3.34. The Bertz CT molecular complexity index is 1270. The number of unbranched alkanes of at least 4 members (excludes halogenated alkanes) is 39. The van der Waals surface area contributed by atoms with E-state index in [0.29, 0.717) is 23.9 Å². The molecule has 3 N–H and O–H groups in total. The normalized spacial score (nSPS) is 14.0. The van der Waals surface area contributed by atoms with Gasteiger partial charge in [-0.1, -0.05) is 288 Å². The summed E-state index contributed by atoms with van der Waals surface area (Å²) in [6.07, 6.45) is 71.0. The van der Waals surface area contributed by atoms with Gasteiger partial charge in [0, 0.05) is 6.42 Å². The van der Waals surface area contributed by atoms with Crippen molar-refractivity contribution in [2.24, 2.45) is 0 Å². The van der Waals surface area contributed by atoms with Crippen LogP contribution in [-0.2, 0) is 18.4 Å². The van der Waals surface area contributed by atoms with Gasteiger partial charge in [-0.3, -0.25) is 13.8 Å². The summed E-state index contributed by atoms with van der Waals surface area (Å²) in [5, 5.41) is 14.0. The van der Waals surface area contributed by atoms with Crippen LogP contribution in [0.15, 0.2) is 36.5 Å². The number of hydrogen-bond donors (Lipinski definition) is 3. The lowest BCUT2D eigenvalue weighted by Crippen LogP contribution is -2.46. The number of carbonyl (C=O) groups is 1. The molecule has 0 aromatic rings. The Morgan fingerprint density at radius 3 is 1.15 bits per heavy atom. The monoisotopic (exact) mass is 1040 g/mol. The van der Waals surface area contributed by atoms with Gasteiger partial charge in [0.2, 0.25) is 5.91 Å². The molecule has 426 valence electrons. The minimum absolute atomic E-state index is 0.0767. The first-order chi connectivity index (χ1) is 35.0. The molecule has 0 aromatic heterocycles. The molecule has 0 spiro atoms. The van der Waals surface area contributed by atoms with Gasteiger partial charge in [0.15, 0.2) is 0 Å². The fourth-order valence-electron chi connectivity index (χ4n) is 9.47. The van der Waals surface area contributed by atoms with Crippen LogP contribution in [-0.4, -0.2) is 73.4 Å². The van der Waals surface area contributed by atoms with Gasteiger partial charge in [-0.25, -0.2) is 4.57 Å². The zero-order valence-corrected chi connectivity index (χ0v) is 49.6. The van der Waals surface area contributed by atoms with E-state index in [1.807, 2.05) is 21.1 Å². The molecule has 0 saturated heterocycles. The highest BCUT2D eigenvalue weighted by Gasteiger charge is 2.28. The van der Waals surface area contributed by atoms with Gasteiger partial charge >= 0.3 is 7.82 Å². The Hall–Kier alpha value is -1.28. The zero-order chi connectivity index (χ0) is 52.7. The SMILES string of the molecule is CCCCCCC/C=C\C/C=C\C/C=C\CCCCCCCCCCCCCCCCCCCCCCCCCCC(=O)NC(COP(=O)(O)OCC[N+](C)(C)C)C(O)CCCCCCCCCCCCC. The second-order valence-corrected chi connectivity index (χ2v) is 24.2. The lowest BCUT2D eigenvalue weighted by molar-refractivity contribution is -0.870. The lowest BCUT2D eigenvalue weighted by atomic mass is 10.0. The van der Waals surface area contributed by atoms with Crippen LogP contribution in [0.4, 0.5) is 0 Å². The molecule has 9 heteroatoms. The molecule has 0 radical (unpaired) electrons. The number of phosphoric ester groups is 1. The standard InChI is InChI=1S/C63H123N2O6P/c1-6-8-10-12-14-16-18-19-20-21-22-23-24-25-26-27-28-29-30-31-32-33-34-35-36-37-38-39-40-41-42-43-44-45-47-49-51-53-55-57-63(67)64-61(60-71-72(68,69)70-59-58-65(3,4)5)62(66)56-54-52-50-48-46-17-15-13-11-9-7-2/h18-19,21-22,24-25,61-62,66H,6-17,20,23,26-60H2,1-5H3,(H-,64,67,68,69)/p+1/b19-18-,22-21-,25-24-. The third-order valence-corrected chi connectivity index (χ3v) is 15.4. The number of nitrogens with zero attached hydrogens (tertiary/aromatic N) is 1. The largest absolute Gasteiger partial charge is 0.472 e. The molecule has 0 fully saturated rings. The highest BCUT2D eigenvalue weighted by atomic mass is 31.2. The summed E-state index contributed by atoms with van der Waals surface area (Å²) in [6, 6.07) is -0.757. The van der Waals surface area contributed by atoms with E-state index >= 15 is 0 Å². The molecule has 0 aliphatic rings. The van der Waals surface area contributed by atoms with Crippen molar-refractivity contribution in [3.05, 3.63) is 36.5 Å². The first-order valence-corrected chi connectivity index (χ1v) is 32.8. The van der Waals surface area contributed by atoms with Crippen LogP contribution in [0.1, 0.15) is 309 Å². The maximum atomic E-state index is 13.0. The molecule has 3 unspecified atom stereocenters. The molecule has 0 aliphatic carbocycles. The number of carbonyl (C=O) groups excluding carboxylic acids is 1. The Labute approximate surface area is 448 Å². The van der Waals surface area contributed by atoms with Gasteiger partial charge in [0.05, 0.1) is 39.9 Å². The number of hydrogen-bond acceptors (Lipinski definition) is 5. The molecule has 0 rings (SSSR count). The van der Waals surface area contributed by atoms with Crippen LogP contribution in [0.3, 0.4) is 0 Å². The Morgan fingerprint density at radius 1 is 0.472 bits per heavy atom. The first-order valence-electron chi connectivity index (χ1n) is 31.4. The molecular formula is C63H124N2O6P+. The van der Waals surface area contributed by atoms with E-state index in [-0.39, 0.29) is 19.1 Å². The molecule has 8 nitrogen and oxygen atoms in total. The predicted octanol–water partition coefficient (Wildman–Crippen LogP) is 19.3. The first kappa shape index (κ1) is 70.7. The third-order valence-electron chi connectivity index (χ3n) is 14.4. The quantitative estimate of drug-likeness (QED) is 0.0243. The van der Waals surface area contributed by atoms with E-state index in [2.05, 4.69) is 55.6 Å². The zero-order valence-electron chi connectivity index (χ0n) is 48.7. The van der Waals surface area contributed by atoms with Crippen molar-refractivity contribution in [2.45, 2.75) is 321 Å². The van der Waals surface area contributed by atoms with Crippen molar-refractivity contribution >= 4 is 13.7 Å². The van der Waals surface area contributed by atoms with Gasteiger partial charge in [-0.05, 0) is 51.4 Å². The van der Waals surface area contributed by atoms with E-state index in [1.54, 1.807) is 0 Å². The third kappa shape index (κ3) is 56.4. The van der Waals surface area contributed by atoms with Crippen molar-refractivity contribution < 1.29 is 32.9 Å². The predicted molar refractivity (Wildman–Crippen MR) is 314 cm³/mol. The van der Waals surface area contributed by atoms with E-state index in [4.69, 9.17) is 9.05 Å². The van der Waals surface area contributed by atoms with E-state index in [0.717, 1.165) is 51.4 Å². The van der Waals surface area contributed by atoms with Gasteiger partial charge in [-0.15, -0.1) is 0 Å². The summed E-state index contributed by atoms with van der Waals surface area (Å²) in [7, 11) is 1.63. The van der Waals surface area contributed by atoms with Crippen molar-refractivity contribution in [3.63, 3.8) is 0 Å². The summed E-state index contributed by atoms with van der Waals surface area (Å²) in [5.41, 5.74) is 0. The van der Waals surface area contributed by atoms with Gasteiger partial charge in [0.1, 0.15) is 13.2 Å². The van der Waals surface area contributed by atoms with E-state index in [1.165, 1.54) is 231 Å². The Morgan fingerprint density at radius 2 is 0.792 bits per heavy atom. The van der Waals surface area contributed by atoms with Crippen molar-refractivity contribution in [3.8, 4) is 0 Å². The van der Waals surface area contributed by atoms with E-state index in [9.17, 15) is 19.4 Å². The summed E-state index contributed by atoms with van der Waals surface area (Å²) >= 11 is 0. The van der Waals surface area contributed by atoms with Gasteiger partial charge in [-0.2, -0.15) is 0 Å². The number of aliphatic hydroxyl groups excluding tert-OH is 1. The van der Waals surface area contributed by atoms with Gasteiger partial charge in [0.25, 0.3) is 0 Å². The number of amides is 1. The molecular weight excluding hydrogens is 912 g/mol. The Balaban J connectivity index is 3.82. The summed E-state index contributed by atoms with van der Waals surface area (Å²) < 4.78 is 23.7. The van der Waals surface area contributed by atoms with Crippen molar-refractivity contribution in [2.75, 3.05) is 40.9 Å². The van der Waals surface area contributed by atoms with Crippen LogP contribution in [0, 0.1) is 0 Å². The minimum atomic E-state index is -4.31. The highest BCUT2D eigenvalue weighted by molar-refractivity contribution is 7.47. The number of likely N-dealkylation sites (N-methyl/N-ethyl adjacent to an activating group) is 1. The second-order valence-electron chi connectivity index (χ2n) is 22.8. The van der Waals surface area contributed by atoms with E-state index < -0.39 is 20.0 Å². The average molecular weight is 1040 g/mol. The number of quaternary nitrogens is 1. The smallest absolute Gasteiger partial charge is 0.391 e. The summed E-state index contributed by atoms with van der Waals surface area (Å²) in [5.74, 6) is -0.140. The van der Waals surface area contributed by atoms with Crippen molar-refractivity contribution in [1.82, 2.24) is 5.32 Å². The number of aliphatic hydroxyl groups is 1. The number of rotatable bonds is 58. The van der Waals surface area contributed by atoms with Crippen LogP contribution >= 0.6 is 7.82 Å². The van der Waals surface area contributed by atoms with Crippen LogP contribution in [0.2, 0.25) is 0 Å². The summed E-state index contributed by atoms with van der Waals surface area (Å²) in [6.45, 7) is 4.89. The molecule has 0 aliphatic heterocycles. The molecule has 0 saturated carbocycles. The molecule has 0 heterocycles. The number of phosphoric acid groups is 1. The number of nitrogens with one attached hydrogen (secondary N) is 1. The maximum Gasteiger partial charge on any atom is 0.472 e. The summed E-state index contributed by atoms with van der Waals surface area (Å²) in [4.78, 5) is 23.3. The van der Waals surface area contributed by atoms with Crippen LogP contribution < -0.4 is 5.32 Å². The maximum absolute atomic E-state index is 13.0. The Kier molecular flexibility index (Phi) is 53.5. The molecule has 1 amide bonds. The molecule has 3 atom stereocenters. The highest BCUT2D eigenvalue weighted by Crippen LogP contribution is 2.43. The fraction of sp³-hybridized carbons (Fsp3) is 0.889. The van der Waals surface area contributed by atoms with Crippen LogP contribution in [0.5, 0.6) is 0 Å². The van der Waals surface area contributed by atoms with Gasteiger partial charge < -0.3 is 19.8 Å². The van der Waals surface area contributed by atoms with Crippen molar-refractivity contribution in [1.29, 1.82) is 0 Å². The second kappa shape index (κ2) is 54.5. The topological polar surface area (TPSA) is 105 Å². The lowest BCUT2D eigenvalue weighted by Gasteiger charge is -2.26. The molecule has 0 bridgehead atoms.